The van der Waals surface area contributed by atoms with Gasteiger partial charge in [-0.15, -0.1) is 0 Å². The molecule has 1 aliphatic heterocycles. The molecule has 2 N–H and O–H groups in total. The van der Waals surface area contributed by atoms with Gasteiger partial charge in [0.1, 0.15) is 0 Å². The topological polar surface area (TPSA) is 134 Å². The fourth-order valence-electron chi connectivity index (χ4n) is 3.35. The summed E-state index contributed by atoms with van der Waals surface area (Å²) in [4.78, 5) is 25.0. The van der Waals surface area contributed by atoms with Crippen LogP contribution in [0.5, 0.6) is 5.75 Å². The van der Waals surface area contributed by atoms with Crippen LogP contribution >= 0.6 is 12.2 Å². The lowest BCUT2D eigenvalue weighted by atomic mass is 10.1. The first-order valence-corrected chi connectivity index (χ1v) is 12.1. The van der Waals surface area contributed by atoms with Crippen molar-refractivity contribution in [1.82, 2.24) is 9.62 Å². The number of ether oxygens (including phenoxy) is 1. The normalized spacial score (nSPS) is 14.4. The maximum absolute atomic E-state index is 12.4. The molecular weight excluding hydrogens is 470 g/mol. The number of nitro benzene ring substituents is 1. The summed E-state index contributed by atoms with van der Waals surface area (Å²) in [6, 6.07) is 11.2. The summed E-state index contributed by atoms with van der Waals surface area (Å²) in [7, 11) is -1.88. The number of sulfonamides is 1. The van der Waals surface area contributed by atoms with Crippen LogP contribution in [0.15, 0.2) is 42.5 Å². The molecule has 13 heteroatoms. The van der Waals surface area contributed by atoms with Crippen molar-refractivity contribution in [1.29, 1.82) is 0 Å². The summed E-state index contributed by atoms with van der Waals surface area (Å²) in [6.07, 6.45) is 1.21. The summed E-state index contributed by atoms with van der Waals surface area (Å²) in [5.41, 5.74) is 1.32. The van der Waals surface area contributed by atoms with E-state index in [0.717, 1.165) is 11.8 Å². The summed E-state index contributed by atoms with van der Waals surface area (Å²) in [6.45, 7) is 2.03. The Kier molecular flexibility index (Phi) is 7.46. The second-order valence-electron chi connectivity index (χ2n) is 7.25. The average Bonchev–Trinajstić information content (AvgIpc) is 2.78. The van der Waals surface area contributed by atoms with E-state index in [1.165, 1.54) is 29.8 Å². The van der Waals surface area contributed by atoms with Gasteiger partial charge in [0.05, 0.1) is 18.3 Å². The second-order valence-corrected chi connectivity index (χ2v) is 9.64. The number of amides is 1. The van der Waals surface area contributed by atoms with Gasteiger partial charge in [-0.25, -0.2) is 8.42 Å². The molecule has 11 nitrogen and oxygen atoms in total. The molecule has 0 atom stereocenters. The van der Waals surface area contributed by atoms with Gasteiger partial charge in [0, 0.05) is 49.2 Å². The molecule has 1 fully saturated rings. The molecule has 176 valence electrons. The number of hydrogen-bond acceptors (Lipinski definition) is 8. The molecule has 0 aromatic heterocycles. The van der Waals surface area contributed by atoms with Crippen LogP contribution in [0.3, 0.4) is 0 Å². The minimum absolute atomic E-state index is 0.0352. The monoisotopic (exact) mass is 493 g/mol. The molecule has 1 aliphatic rings. The van der Waals surface area contributed by atoms with Crippen LogP contribution in [-0.2, 0) is 10.0 Å². The highest BCUT2D eigenvalue weighted by molar-refractivity contribution is 7.88. The first-order valence-electron chi connectivity index (χ1n) is 9.83. The number of piperazine rings is 1. The molecule has 0 bridgehead atoms. The van der Waals surface area contributed by atoms with Crippen LogP contribution in [-0.4, -0.2) is 68.2 Å². The smallest absolute Gasteiger partial charge is 0.311 e. The third-order valence-corrected chi connectivity index (χ3v) is 6.57. The highest BCUT2D eigenvalue weighted by atomic mass is 32.2. The lowest BCUT2D eigenvalue weighted by Gasteiger charge is -2.34. The van der Waals surface area contributed by atoms with E-state index in [2.05, 4.69) is 15.5 Å². The Morgan fingerprint density at radius 3 is 2.30 bits per heavy atom. The third-order valence-electron chi connectivity index (χ3n) is 5.06. The van der Waals surface area contributed by atoms with Gasteiger partial charge in [-0.05, 0) is 48.6 Å². The van der Waals surface area contributed by atoms with Gasteiger partial charge >= 0.3 is 5.69 Å². The van der Waals surface area contributed by atoms with E-state index in [1.54, 1.807) is 12.1 Å². The van der Waals surface area contributed by atoms with Gasteiger partial charge in [0.2, 0.25) is 10.0 Å². The minimum Gasteiger partial charge on any atom is -0.490 e. The molecule has 0 unspecified atom stereocenters. The van der Waals surface area contributed by atoms with Crippen LogP contribution in [0, 0.1) is 10.1 Å². The Labute approximate surface area is 196 Å². The van der Waals surface area contributed by atoms with Crippen molar-refractivity contribution in [2.24, 2.45) is 0 Å². The Hall–Kier alpha value is -3.29. The van der Waals surface area contributed by atoms with E-state index in [-0.39, 0.29) is 22.1 Å². The number of hydrogen-bond donors (Lipinski definition) is 2. The molecule has 0 radical (unpaired) electrons. The van der Waals surface area contributed by atoms with Gasteiger partial charge in [-0.3, -0.25) is 20.2 Å². The summed E-state index contributed by atoms with van der Waals surface area (Å²) < 4.78 is 29.7. The standard InChI is InChI=1S/C20H23N5O6S2/c1-31-18-8-3-14(13-17(18)25(27)28)19(26)22-20(32)21-15-4-6-16(7-5-15)23-9-11-24(12-10-23)33(2,29)30/h3-8,13H,9-12H2,1-2H3,(H2,21,22,26,32). The van der Waals surface area contributed by atoms with Crippen molar-refractivity contribution >= 4 is 50.3 Å². The molecule has 3 rings (SSSR count). The van der Waals surface area contributed by atoms with Crippen molar-refractivity contribution in [3.05, 3.63) is 58.1 Å². The number of carbonyl (C=O) groups excluding carboxylic acids is 1. The highest BCUT2D eigenvalue weighted by Gasteiger charge is 2.23. The SMILES string of the molecule is COc1ccc(C(=O)NC(=S)Nc2ccc(N3CCN(S(C)(=O)=O)CC3)cc2)cc1[N+](=O)[O-]. The van der Waals surface area contributed by atoms with Gasteiger partial charge in [-0.2, -0.15) is 4.31 Å². The summed E-state index contributed by atoms with van der Waals surface area (Å²) in [5.74, 6) is -0.548. The highest BCUT2D eigenvalue weighted by Crippen LogP contribution is 2.27. The fourth-order valence-corrected chi connectivity index (χ4v) is 4.38. The van der Waals surface area contributed by atoms with Crippen LogP contribution in [0.2, 0.25) is 0 Å². The zero-order valence-electron chi connectivity index (χ0n) is 18.0. The van der Waals surface area contributed by atoms with Crippen molar-refractivity contribution in [2.75, 3.05) is 49.8 Å². The van der Waals surface area contributed by atoms with Crippen molar-refractivity contribution in [3.63, 3.8) is 0 Å². The number of nitrogens with zero attached hydrogens (tertiary/aromatic N) is 3. The number of nitrogens with one attached hydrogen (secondary N) is 2. The Balaban J connectivity index is 1.57. The van der Waals surface area contributed by atoms with E-state index < -0.39 is 20.9 Å². The molecule has 2 aromatic rings. The predicted octanol–water partition coefficient (Wildman–Crippen LogP) is 1.81. The maximum atomic E-state index is 12.4. The van der Waals surface area contributed by atoms with Gasteiger partial charge in [0.25, 0.3) is 5.91 Å². The van der Waals surface area contributed by atoms with Crippen molar-refractivity contribution in [2.45, 2.75) is 0 Å². The zero-order chi connectivity index (χ0) is 24.2. The molecule has 1 saturated heterocycles. The second kappa shape index (κ2) is 10.1. The number of nitro groups is 1. The molecule has 1 amide bonds. The Morgan fingerprint density at radius 1 is 1.12 bits per heavy atom. The number of carbonyl (C=O) groups is 1. The summed E-state index contributed by atoms with van der Waals surface area (Å²) in [5, 5.41) is 16.6. The van der Waals surface area contributed by atoms with E-state index in [0.29, 0.717) is 31.9 Å². The van der Waals surface area contributed by atoms with Gasteiger partial charge in [0.15, 0.2) is 10.9 Å². The quantitative estimate of drug-likeness (QED) is 0.351. The molecule has 33 heavy (non-hydrogen) atoms. The van der Waals surface area contributed by atoms with E-state index in [4.69, 9.17) is 17.0 Å². The first-order chi connectivity index (χ1) is 15.6. The lowest BCUT2D eigenvalue weighted by Crippen LogP contribution is -2.48. The van der Waals surface area contributed by atoms with Crippen molar-refractivity contribution in [3.8, 4) is 5.75 Å². The van der Waals surface area contributed by atoms with Crippen LogP contribution in [0.25, 0.3) is 0 Å². The lowest BCUT2D eigenvalue weighted by molar-refractivity contribution is -0.385. The van der Waals surface area contributed by atoms with E-state index in [9.17, 15) is 23.3 Å². The predicted molar refractivity (Wildman–Crippen MR) is 128 cm³/mol. The fraction of sp³-hybridized carbons (Fsp3) is 0.300. The van der Waals surface area contributed by atoms with E-state index >= 15 is 0 Å². The molecular formula is C20H23N5O6S2. The average molecular weight is 494 g/mol. The molecule has 1 heterocycles. The number of rotatable bonds is 6. The van der Waals surface area contributed by atoms with Crippen LogP contribution in [0.4, 0.5) is 17.1 Å². The Morgan fingerprint density at radius 2 is 1.76 bits per heavy atom. The Bertz CT molecular complexity index is 1160. The number of methoxy groups -OCH3 is 1. The number of benzene rings is 2. The van der Waals surface area contributed by atoms with Crippen LogP contribution < -0.4 is 20.3 Å². The maximum Gasteiger partial charge on any atom is 0.311 e. The number of anilines is 2. The largest absolute Gasteiger partial charge is 0.490 e. The van der Waals surface area contributed by atoms with Crippen molar-refractivity contribution < 1.29 is 22.9 Å². The zero-order valence-corrected chi connectivity index (χ0v) is 19.6. The molecule has 0 aliphatic carbocycles. The third kappa shape index (κ3) is 6.15. The van der Waals surface area contributed by atoms with Crippen LogP contribution in [0.1, 0.15) is 10.4 Å². The number of thiocarbonyl (C=S) groups is 1. The summed E-state index contributed by atoms with van der Waals surface area (Å²) >= 11 is 5.18. The van der Waals surface area contributed by atoms with Gasteiger partial charge < -0.3 is 15.0 Å². The molecule has 2 aromatic carbocycles. The molecule has 0 saturated carbocycles. The molecule has 0 spiro atoms. The minimum atomic E-state index is -3.18. The van der Waals surface area contributed by atoms with E-state index in [1.807, 2.05) is 12.1 Å². The van der Waals surface area contributed by atoms with Gasteiger partial charge in [-0.1, -0.05) is 0 Å². The first kappa shape index (κ1) is 24.4.